The number of hydrogen-bond acceptors (Lipinski definition) is 3. The van der Waals surface area contributed by atoms with E-state index in [-0.39, 0.29) is 5.82 Å². The molecule has 3 rings (SSSR count). The Hall–Kier alpha value is -1.88. The molecule has 0 spiro atoms. The Bertz CT molecular complexity index is 600. The van der Waals surface area contributed by atoms with E-state index in [0.29, 0.717) is 11.7 Å². The molecule has 1 fully saturated rings. The van der Waals surface area contributed by atoms with Crippen molar-refractivity contribution in [2.24, 2.45) is 5.73 Å². The first-order valence-electron chi connectivity index (χ1n) is 6.97. The maximum Gasteiger partial charge on any atom is 0.148 e. The summed E-state index contributed by atoms with van der Waals surface area (Å²) in [7, 11) is 0. The Labute approximate surface area is 118 Å². The van der Waals surface area contributed by atoms with Crippen LogP contribution in [0.3, 0.4) is 0 Å². The van der Waals surface area contributed by atoms with E-state index >= 15 is 0 Å². The molecule has 20 heavy (non-hydrogen) atoms. The highest BCUT2D eigenvalue weighted by atomic mass is 19.1. The number of nitrogens with two attached hydrogens (primary N) is 1. The fourth-order valence-electron chi connectivity index (χ4n) is 2.72. The fraction of sp³-hybridized carbons (Fsp3) is 0.400. The SMILES string of the molecule is Cc1c(N2CCC(N)CC2)cnn1-c1ccccc1F. The molecule has 0 radical (unpaired) electrons. The number of rotatable bonds is 2. The molecule has 1 aliphatic rings. The summed E-state index contributed by atoms with van der Waals surface area (Å²) in [5.41, 5.74) is 8.46. The van der Waals surface area contributed by atoms with Crippen molar-refractivity contribution in [2.75, 3.05) is 18.0 Å². The van der Waals surface area contributed by atoms with Gasteiger partial charge in [-0.3, -0.25) is 0 Å². The molecule has 0 unspecified atom stereocenters. The van der Waals surface area contributed by atoms with Crippen molar-refractivity contribution >= 4 is 5.69 Å². The van der Waals surface area contributed by atoms with E-state index in [1.165, 1.54) is 6.07 Å². The van der Waals surface area contributed by atoms with Gasteiger partial charge in [-0.2, -0.15) is 5.10 Å². The number of anilines is 1. The zero-order chi connectivity index (χ0) is 14.1. The molecule has 1 aromatic heterocycles. The van der Waals surface area contributed by atoms with Gasteiger partial charge in [0.25, 0.3) is 0 Å². The fourth-order valence-corrected chi connectivity index (χ4v) is 2.72. The van der Waals surface area contributed by atoms with Crippen LogP contribution in [0, 0.1) is 12.7 Å². The molecule has 5 heteroatoms. The lowest BCUT2D eigenvalue weighted by Crippen LogP contribution is -2.39. The number of hydrogen-bond donors (Lipinski definition) is 1. The Morgan fingerprint density at radius 2 is 1.90 bits per heavy atom. The molecular formula is C15H19FN4. The molecule has 1 aromatic carbocycles. The highest BCUT2D eigenvalue weighted by molar-refractivity contribution is 5.52. The molecule has 2 N–H and O–H groups in total. The van der Waals surface area contributed by atoms with E-state index in [9.17, 15) is 4.39 Å². The smallest absolute Gasteiger partial charge is 0.148 e. The van der Waals surface area contributed by atoms with E-state index < -0.39 is 0 Å². The van der Waals surface area contributed by atoms with E-state index in [1.807, 2.05) is 19.2 Å². The number of piperidine rings is 1. The van der Waals surface area contributed by atoms with Crippen molar-refractivity contribution < 1.29 is 4.39 Å². The molecule has 0 atom stereocenters. The number of benzene rings is 1. The molecule has 1 aliphatic heterocycles. The monoisotopic (exact) mass is 274 g/mol. The lowest BCUT2D eigenvalue weighted by molar-refractivity contribution is 0.500. The largest absolute Gasteiger partial charge is 0.369 e. The van der Waals surface area contributed by atoms with Crippen LogP contribution >= 0.6 is 0 Å². The van der Waals surface area contributed by atoms with Gasteiger partial charge in [0.05, 0.1) is 17.6 Å². The Balaban J connectivity index is 1.91. The van der Waals surface area contributed by atoms with Crippen molar-refractivity contribution in [1.29, 1.82) is 0 Å². The second-order valence-electron chi connectivity index (χ2n) is 5.30. The van der Waals surface area contributed by atoms with Gasteiger partial charge in [-0.25, -0.2) is 9.07 Å². The average molecular weight is 274 g/mol. The highest BCUT2D eigenvalue weighted by Gasteiger charge is 2.20. The highest BCUT2D eigenvalue weighted by Crippen LogP contribution is 2.25. The van der Waals surface area contributed by atoms with Crippen molar-refractivity contribution in [3.05, 3.63) is 42.0 Å². The second-order valence-corrected chi connectivity index (χ2v) is 5.30. The quantitative estimate of drug-likeness (QED) is 0.913. The molecule has 2 heterocycles. The first-order valence-corrected chi connectivity index (χ1v) is 6.97. The average Bonchev–Trinajstić information content (AvgIpc) is 2.82. The van der Waals surface area contributed by atoms with Gasteiger partial charge in [0.2, 0.25) is 0 Å². The summed E-state index contributed by atoms with van der Waals surface area (Å²) in [6.45, 7) is 3.85. The minimum atomic E-state index is -0.258. The Kier molecular flexibility index (Phi) is 3.44. The first-order chi connectivity index (χ1) is 9.66. The van der Waals surface area contributed by atoms with E-state index in [2.05, 4.69) is 10.00 Å². The summed E-state index contributed by atoms with van der Waals surface area (Å²) in [5, 5.41) is 4.34. The maximum atomic E-state index is 13.9. The third-order valence-corrected chi connectivity index (χ3v) is 3.94. The standard InChI is InChI=1S/C15H19FN4/c1-11-15(19-8-6-12(17)7-9-19)10-18-20(11)14-5-3-2-4-13(14)16/h2-5,10,12H,6-9,17H2,1H3. The molecule has 106 valence electrons. The predicted molar refractivity (Wildman–Crippen MR) is 77.7 cm³/mol. The van der Waals surface area contributed by atoms with Gasteiger partial charge in [0.15, 0.2) is 0 Å². The van der Waals surface area contributed by atoms with Crippen LogP contribution in [0.5, 0.6) is 0 Å². The van der Waals surface area contributed by atoms with Crippen LogP contribution in [0.15, 0.2) is 30.5 Å². The van der Waals surface area contributed by atoms with Crippen molar-refractivity contribution in [3.8, 4) is 5.69 Å². The maximum absolute atomic E-state index is 13.9. The minimum Gasteiger partial charge on any atom is -0.369 e. The summed E-state index contributed by atoms with van der Waals surface area (Å²) >= 11 is 0. The van der Waals surface area contributed by atoms with Crippen LogP contribution < -0.4 is 10.6 Å². The first kappa shape index (κ1) is 13.1. The van der Waals surface area contributed by atoms with E-state index in [4.69, 9.17) is 5.73 Å². The lowest BCUT2D eigenvalue weighted by atomic mass is 10.1. The topological polar surface area (TPSA) is 47.1 Å². The molecular weight excluding hydrogens is 255 g/mol. The van der Waals surface area contributed by atoms with Crippen LogP contribution in [0.25, 0.3) is 5.69 Å². The molecule has 0 amide bonds. The molecule has 0 bridgehead atoms. The van der Waals surface area contributed by atoms with Crippen LogP contribution in [-0.4, -0.2) is 28.9 Å². The molecule has 0 saturated carbocycles. The third kappa shape index (κ3) is 2.29. The third-order valence-electron chi connectivity index (χ3n) is 3.94. The summed E-state index contributed by atoms with van der Waals surface area (Å²) < 4.78 is 15.5. The van der Waals surface area contributed by atoms with Crippen LogP contribution in [0.1, 0.15) is 18.5 Å². The minimum absolute atomic E-state index is 0.258. The molecule has 0 aliphatic carbocycles. The van der Waals surface area contributed by atoms with Gasteiger partial charge < -0.3 is 10.6 Å². The van der Waals surface area contributed by atoms with Crippen LogP contribution in [0.4, 0.5) is 10.1 Å². The number of nitrogens with zero attached hydrogens (tertiary/aromatic N) is 3. The summed E-state index contributed by atoms with van der Waals surface area (Å²) in [5.74, 6) is -0.258. The second kappa shape index (κ2) is 5.25. The number of halogens is 1. The van der Waals surface area contributed by atoms with Gasteiger partial charge in [-0.1, -0.05) is 12.1 Å². The summed E-state index contributed by atoms with van der Waals surface area (Å²) in [6, 6.07) is 7.00. The zero-order valence-electron chi connectivity index (χ0n) is 11.6. The summed E-state index contributed by atoms with van der Waals surface area (Å²) in [6.07, 6.45) is 3.80. The van der Waals surface area contributed by atoms with Crippen LogP contribution in [-0.2, 0) is 0 Å². The normalized spacial score (nSPS) is 16.6. The molecule has 4 nitrogen and oxygen atoms in total. The molecule has 2 aromatic rings. The lowest BCUT2D eigenvalue weighted by Gasteiger charge is -2.31. The van der Waals surface area contributed by atoms with Crippen molar-refractivity contribution in [3.63, 3.8) is 0 Å². The van der Waals surface area contributed by atoms with Crippen molar-refractivity contribution in [1.82, 2.24) is 9.78 Å². The van der Waals surface area contributed by atoms with Crippen molar-refractivity contribution in [2.45, 2.75) is 25.8 Å². The van der Waals surface area contributed by atoms with Gasteiger partial charge in [-0.05, 0) is 31.9 Å². The van der Waals surface area contributed by atoms with Gasteiger partial charge >= 0.3 is 0 Å². The molecule has 1 saturated heterocycles. The van der Waals surface area contributed by atoms with E-state index in [0.717, 1.165) is 37.3 Å². The van der Waals surface area contributed by atoms with Gasteiger partial charge in [-0.15, -0.1) is 0 Å². The zero-order valence-corrected chi connectivity index (χ0v) is 11.6. The number of aromatic nitrogens is 2. The van der Waals surface area contributed by atoms with Gasteiger partial charge in [0.1, 0.15) is 11.5 Å². The predicted octanol–water partition coefficient (Wildman–Crippen LogP) is 2.25. The Morgan fingerprint density at radius 3 is 2.60 bits per heavy atom. The van der Waals surface area contributed by atoms with Crippen LogP contribution in [0.2, 0.25) is 0 Å². The van der Waals surface area contributed by atoms with E-state index in [1.54, 1.807) is 16.8 Å². The van der Waals surface area contributed by atoms with Gasteiger partial charge in [0, 0.05) is 19.1 Å². The number of para-hydroxylation sites is 1. The Morgan fingerprint density at radius 1 is 1.20 bits per heavy atom. The summed E-state index contributed by atoms with van der Waals surface area (Å²) in [4.78, 5) is 2.28.